The van der Waals surface area contributed by atoms with Crippen molar-refractivity contribution in [2.24, 2.45) is 5.92 Å². The van der Waals surface area contributed by atoms with E-state index in [2.05, 4.69) is 0 Å². The molecule has 0 N–H and O–H groups in total. The fraction of sp³-hybridized carbons (Fsp3) is 0.263. The molecule has 2 aromatic rings. The first-order valence-corrected chi connectivity index (χ1v) is 8.30. The molecule has 1 aliphatic heterocycles. The molecule has 3 rings (SSSR count). The van der Waals surface area contributed by atoms with Crippen LogP contribution in [0.15, 0.2) is 54.6 Å². The van der Waals surface area contributed by atoms with Crippen LogP contribution in [0.4, 0.5) is 5.69 Å². The second-order valence-electron chi connectivity index (χ2n) is 5.99. The standard InChI is InChI=1S/C19H19ClN2O2/c1-21(13-14-5-3-2-4-6-14)18(23)17-11-12-22(19(17)24)16-9-7-15(20)8-10-16/h2-10,17H,11-13H2,1H3. The zero-order valence-corrected chi connectivity index (χ0v) is 14.2. The van der Waals surface area contributed by atoms with Crippen LogP contribution in [-0.4, -0.2) is 30.3 Å². The topological polar surface area (TPSA) is 40.6 Å². The van der Waals surface area contributed by atoms with Gasteiger partial charge in [0, 0.05) is 30.8 Å². The van der Waals surface area contributed by atoms with Crippen molar-refractivity contribution in [1.29, 1.82) is 0 Å². The molecular formula is C19H19ClN2O2. The Hall–Kier alpha value is -2.33. The number of halogens is 1. The van der Waals surface area contributed by atoms with E-state index in [1.807, 2.05) is 30.3 Å². The van der Waals surface area contributed by atoms with E-state index < -0.39 is 5.92 Å². The van der Waals surface area contributed by atoms with Gasteiger partial charge >= 0.3 is 0 Å². The fourth-order valence-electron chi connectivity index (χ4n) is 2.99. The van der Waals surface area contributed by atoms with Crippen LogP contribution in [0.2, 0.25) is 5.02 Å². The Morgan fingerprint density at radius 1 is 1.17 bits per heavy atom. The van der Waals surface area contributed by atoms with Crippen LogP contribution < -0.4 is 4.90 Å². The molecule has 0 bridgehead atoms. The third kappa shape index (κ3) is 3.44. The molecule has 1 heterocycles. The predicted molar refractivity (Wildman–Crippen MR) is 94.8 cm³/mol. The van der Waals surface area contributed by atoms with Gasteiger partial charge in [-0.1, -0.05) is 41.9 Å². The lowest BCUT2D eigenvalue weighted by Crippen LogP contribution is -2.37. The number of hydrogen-bond donors (Lipinski definition) is 0. The Morgan fingerprint density at radius 3 is 2.50 bits per heavy atom. The van der Waals surface area contributed by atoms with Gasteiger partial charge in [0.1, 0.15) is 5.92 Å². The summed E-state index contributed by atoms with van der Waals surface area (Å²) in [5, 5.41) is 0.626. The lowest BCUT2D eigenvalue weighted by atomic mass is 10.1. The summed E-state index contributed by atoms with van der Waals surface area (Å²) in [6.45, 7) is 1.06. The average molecular weight is 343 g/mol. The van der Waals surface area contributed by atoms with E-state index in [0.717, 1.165) is 11.3 Å². The maximum atomic E-state index is 12.6. The molecule has 5 heteroatoms. The minimum Gasteiger partial charge on any atom is -0.341 e. The molecular weight excluding hydrogens is 324 g/mol. The van der Waals surface area contributed by atoms with Crippen molar-refractivity contribution in [2.75, 3.05) is 18.5 Å². The zero-order valence-electron chi connectivity index (χ0n) is 13.5. The van der Waals surface area contributed by atoms with Gasteiger partial charge in [-0.2, -0.15) is 0 Å². The third-order valence-corrected chi connectivity index (χ3v) is 4.53. The molecule has 0 aromatic heterocycles. The summed E-state index contributed by atoms with van der Waals surface area (Å²) in [5.41, 5.74) is 1.83. The minimum absolute atomic E-state index is 0.125. The smallest absolute Gasteiger partial charge is 0.239 e. The summed E-state index contributed by atoms with van der Waals surface area (Å²) in [4.78, 5) is 28.6. The summed E-state index contributed by atoms with van der Waals surface area (Å²) in [6.07, 6.45) is 0.541. The van der Waals surface area contributed by atoms with E-state index in [0.29, 0.717) is 24.5 Å². The Kier molecular flexibility index (Phi) is 4.86. The van der Waals surface area contributed by atoms with Crippen molar-refractivity contribution in [2.45, 2.75) is 13.0 Å². The highest BCUT2D eigenvalue weighted by Gasteiger charge is 2.38. The molecule has 0 radical (unpaired) electrons. The van der Waals surface area contributed by atoms with Crippen LogP contribution in [-0.2, 0) is 16.1 Å². The number of anilines is 1. The highest BCUT2D eigenvalue weighted by atomic mass is 35.5. The second-order valence-corrected chi connectivity index (χ2v) is 6.42. The molecule has 1 fully saturated rings. The maximum absolute atomic E-state index is 12.6. The first-order chi connectivity index (χ1) is 11.6. The van der Waals surface area contributed by atoms with Gasteiger partial charge in [-0.25, -0.2) is 0 Å². The number of amides is 2. The fourth-order valence-corrected chi connectivity index (χ4v) is 3.11. The number of carbonyl (C=O) groups is 2. The van der Waals surface area contributed by atoms with Gasteiger partial charge in [-0.3, -0.25) is 9.59 Å². The SMILES string of the molecule is CN(Cc1ccccc1)C(=O)C1CCN(c2ccc(Cl)cc2)C1=O. The normalized spacial score (nSPS) is 17.2. The van der Waals surface area contributed by atoms with Gasteiger partial charge in [-0.05, 0) is 36.2 Å². The Balaban J connectivity index is 1.68. The highest BCUT2D eigenvalue weighted by molar-refractivity contribution is 6.30. The number of rotatable bonds is 4. The molecule has 2 aromatic carbocycles. The van der Waals surface area contributed by atoms with E-state index in [4.69, 9.17) is 11.6 Å². The summed E-state index contributed by atoms with van der Waals surface area (Å²) >= 11 is 5.89. The van der Waals surface area contributed by atoms with Crippen LogP contribution in [0, 0.1) is 5.92 Å². The molecule has 0 aliphatic carbocycles. The van der Waals surface area contributed by atoms with Crippen LogP contribution in [0.1, 0.15) is 12.0 Å². The molecule has 1 saturated heterocycles. The monoisotopic (exact) mass is 342 g/mol. The van der Waals surface area contributed by atoms with Crippen molar-refractivity contribution in [3.63, 3.8) is 0 Å². The number of hydrogen-bond acceptors (Lipinski definition) is 2. The maximum Gasteiger partial charge on any atom is 0.239 e. The van der Waals surface area contributed by atoms with E-state index in [1.54, 1.807) is 41.1 Å². The summed E-state index contributed by atoms with van der Waals surface area (Å²) in [6, 6.07) is 16.9. The van der Waals surface area contributed by atoms with E-state index >= 15 is 0 Å². The van der Waals surface area contributed by atoms with Crippen molar-refractivity contribution < 1.29 is 9.59 Å². The van der Waals surface area contributed by atoms with Gasteiger partial charge < -0.3 is 9.80 Å². The minimum atomic E-state index is -0.602. The van der Waals surface area contributed by atoms with Crippen molar-refractivity contribution >= 4 is 29.1 Å². The Morgan fingerprint density at radius 2 is 1.83 bits per heavy atom. The van der Waals surface area contributed by atoms with Crippen LogP contribution >= 0.6 is 11.6 Å². The van der Waals surface area contributed by atoms with Gasteiger partial charge in [0.15, 0.2) is 0 Å². The molecule has 0 spiro atoms. The quantitative estimate of drug-likeness (QED) is 0.799. The van der Waals surface area contributed by atoms with Crippen LogP contribution in [0.25, 0.3) is 0 Å². The second kappa shape index (κ2) is 7.05. The largest absolute Gasteiger partial charge is 0.341 e. The van der Waals surface area contributed by atoms with Crippen LogP contribution in [0.3, 0.4) is 0 Å². The molecule has 1 atom stereocenters. The van der Waals surface area contributed by atoms with Crippen molar-refractivity contribution in [3.05, 3.63) is 65.2 Å². The van der Waals surface area contributed by atoms with Crippen molar-refractivity contribution in [3.8, 4) is 0 Å². The third-order valence-electron chi connectivity index (χ3n) is 4.28. The zero-order chi connectivity index (χ0) is 17.1. The average Bonchev–Trinajstić information content (AvgIpc) is 2.97. The van der Waals surface area contributed by atoms with Crippen molar-refractivity contribution in [1.82, 2.24) is 4.90 Å². The molecule has 24 heavy (non-hydrogen) atoms. The molecule has 4 nitrogen and oxygen atoms in total. The highest BCUT2D eigenvalue weighted by Crippen LogP contribution is 2.27. The molecule has 0 saturated carbocycles. The summed E-state index contributed by atoms with van der Waals surface area (Å²) < 4.78 is 0. The lowest BCUT2D eigenvalue weighted by Gasteiger charge is -2.21. The first kappa shape index (κ1) is 16.5. The van der Waals surface area contributed by atoms with E-state index in [9.17, 15) is 9.59 Å². The van der Waals surface area contributed by atoms with Gasteiger partial charge in [0.2, 0.25) is 11.8 Å². The molecule has 1 unspecified atom stereocenters. The van der Waals surface area contributed by atoms with E-state index in [-0.39, 0.29) is 11.8 Å². The Labute approximate surface area is 146 Å². The first-order valence-electron chi connectivity index (χ1n) is 7.92. The Bertz CT molecular complexity index is 731. The van der Waals surface area contributed by atoms with Gasteiger partial charge in [0.05, 0.1) is 0 Å². The molecule has 124 valence electrons. The number of carbonyl (C=O) groups excluding carboxylic acids is 2. The predicted octanol–water partition coefficient (Wildman–Crippen LogP) is 3.35. The lowest BCUT2D eigenvalue weighted by molar-refractivity contribution is -0.139. The van der Waals surface area contributed by atoms with Crippen LogP contribution in [0.5, 0.6) is 0 Å². The van der Waals surface area contributed by atoms with Gasteiger partial charge in [0.25, 0.3) is 0 Å². The molecule has 1 aliphatic rings. The number of benzene rings is 2. The summed E-state index contributed by atoms with van der Waals surface area (Å²) in [7, 11) is 1.74. The number of nitrogens with zero attached hydrogens (tertiary/aromatic N) is 2. The van der Waals surface area contributed by atoms with E-state index in [1.165, 1.54) is 0 Å². The summed E-state index contributed by atoms with van der Waals surface area (Å²) in [5.74, 6) is -0.864. The van der Waals surface area contributed by atoms with Gasteiger partial charge in [-0.15, -0.1) is 0 Å². The molecule has 2 amide bonds.